The van der Waals surface area contributed by atoms with Crippen LogP contribution in [0.25, 0.3) is 0 Å². The van der Waals surface area contributed by atoms with Crippen LogP contribution in [0, 0.1) is 11.6 Å². The molecule has 0 aliphatic rings. The molecule has 2 rings (SSSR count). The highest BCUT2D eigenvalue weighted by atomic mass is 35.5. The van der Waals surface area contributed by atoms with Gasteiger partial charge in [-0.15, -0.1) is 11.6 Å². The molecule has 0 amide bonds. The predicted molar refractivity (Wildman–Crippen MR) is 71.1 cm³/mol. The minimum Gasteiger partial charge on any atom is -0.380 e. The van der Waals surface area contributed by atoms with Gasteiger partial charge in [-0.05, 0) is 41.8 Å². The lowest BCUT2D eigenvalue weighted by molar-refractivity contribution is 0.0768. The maximum absolute atomic E-state index is 13.3. The van der Waals surface area contributed by atoms with E-state index < -0.39 is 17.2 Å². The number of aliphatic hydroxyl groups is 1. The van der Waals surface area contributed by atoms with Crippen LogP contribution in [-0.4, -0.2) is 11.0 Å². The zero-order chi connectivity index (χ0) is 13.9. The molecular weight excluding hydrogens is 270 g/mol. The molecule has 4 heteroatoms. The van der Waals surface area contributed by atoms with Crippen LogP contribution in [0.15, 0.2) is 48.5 Å². The van der Waals surface area contributed by atoms with Crippen LogP contribution in [0.1, 0.15) is 17.5 Å². The summed E-state index contributed by atoms with van der Waals surface area (Å²) in [6.45, 7) is 0. The van der Waals surface area contributed by atoms with Gasteiger partial charge in [-0.2, -0.15) is 0 Å². The summed E-state index contributed by atoms with van der Waals surface area (Å²) in [7, 11) is 0. The molecule has 0 saturated heterocycles. The molecule has 0 aliphatic heterocycles. The van der Waals surface area contributed by atoms with E-state index in [0.29, 0.717) is 11.1 Å². The average molecular weight is 283 g/mol. The molecule has 0 spiro atoms. The van der Waals surface area contributed by atoms with Gasteiger partial charge >= 0.3 is 0 Å². The molecule has 100 valence electrons. The van der Waals surface area contributed by atoms with Crippen LogP contribution >= 0.6 is 11.6 Å². The van der Waals surface area contributed by atoms with Crippen molar-refractivity contribution in [3.05, 3.63) is 71.3 Å². The van der Waals surface area contributed by atoms with Crippen molar-refractivity contribution in [3.63, 3.8) is 0 Å². The summed E-state index contributed by atoms with van der Waals surface area (Å²) in [5, 5.41) is 10.8. The molecule has 19 heavy (non-hydrogen) atoms. The van der Waals surface area contributed by atoms with E-state index in [1.165, 1.54) is 36.4 Å². The van der Waals surface area contributed by atoms with Crippen LogP contribution in [0.3, 0.4) is 0 Å². The summed E-state index contributed by atoms with van der Waals surface area (Å²) < 4.78 is 26.6. The second kappa shape index (κ2) is 5.68. The topological polar surface area (TPSA) is 20.2 Å². The monoisotopic (exact) mass is 282 g/mol. The average Bonchev–Trinajstić information content (AvgIpc) is 2.39. The Kier molecular flexibility index (Phi) is 4.17. The molecule has 0 unspecified atom stereocenters. The van der Waals surface area contributed by atoms with Crippen LogP contribution in [-0.2, 0) is 5.60 Å². The van der Waals surface area contributed by atoms with Crippen molar-refractivity contribution in [1.82, 2.24) is 0 Å². The van der Waals surface area contributed by atoms with E-state index in [2.05, 4.69) is 0 Å². The molecule has 0 aliphatic carbocycles. The van der Waals surface area contributed by atoms with E-state index in [4.69, 9.17) is 11.6 Å². The summed E-state index contributed by atoms with van der Waals surface area (Å²) in [5.41, 5.74) is -0.774. The van der Waals surface area contributed by atoms with Gasteiger partial charge in [0.25, 0.3) is 0 Å². The summed E-state index contributed by atoms with van der Waals surface area (Å²) >= 11 is 5.72. The van der Waals surface area contributed by atoms with Gasteiger partial charge in [0.05, 0.1) is 0 Å². The molecule has 1 N–H and O–H groups in total. The third-order valence-electron chi connectivity index (χ3n) is 3.06. The van der Waals surface area contributed by atoms with Crippen molar-refractivity contribution >= 4 is 11.6 Å². The summed E-state index contributed by atoms with van der Waals surface area (Å²) in [6.07, 6.45) is 0.168. The smallest absolute Gasteiger partial charge is 0.123 e. The van der Waals surface area contributed by atoms with Gasteiger partial charge in [-0.3, -0.25) is 0 Å². The first-order chi connectivity index (χ1) is 9.06. The van der Waals surface area contributed by atoms with Crippen molar-refractivity contribution < 1.29 is 13.9 Å². The lowest BCUT2D eigenvalue weighted by atomic mass is 9.84. The summed E-state index contributed by atoms with van der Waals surface area (Å²) in [4.78, 5) is 0. The minimum atomic E-state index is -1.49. The molecule has 0 atom stereocenters. The van der Waals surface area contributed by atoms with Crippen LogP contribution in [0.4, 0.5) is 8.78 Å². The Labute approximate surface area is 115 Å². The highest BCUT2D eigenvalue weighted by Crippen LogP contribution is 2.34. The number of hydrogen-bond acceptors (Lipinski definition) is 1. The maximum Gasteiger partial charge on any atom is 0.123 e. The normalized spacial score (nSPS) is 11.6. The van der Waals surface area contributed by atoms with Gasteiger partial charge in [0.1, 0.15) is 17.2 Å². The number of alkyl halides is 1. The Hall–Kier alpha value is -1.45. The Balaban J connectivity index is 2.54. The first kappa shape index (κ1) is 14.0. The van der Waals surface area contributed by atoms with Gasteiger partial charge in [0.2, 0.25) is 0 Å². The van der Waals surface area contributed by atoms with Crippen LogP contribution < -0.4 is 0 Å². The molecule has 2 aromatic rings. The van der Waals surface area contributed by atoms with E-state index in [-0.39, 0.29) is 12.3 Å². The highest BCUT2D eigenvalue weighted by molar-refractivity contribution is 6.17. The first-order valence-corrected chi connectivity index (χ1v) is 6.40. The summed E-state index contributed by atoms with van der Waals surface area (Å²) in [5.74, 6) is -0.743. The van der Waals surface area contributed by atoms with Gasteiger partial charge in [-0.1, -0.05) is 24.3 Å². The molecule has 2 aromatic carbocycles. The zero-order valence-corrected chi connectivity index (χ0v) is 10.9. The molecule has 0 fully saturated rings. The quantitative estimate of drug-likeness (QED) is 0.845. The van der Waals surface area contributed by atoms with Crippen LogP contribution in [0.2, 0.25) is 0 Å². The van der Waals surface area contributed by atoms with Crippen molar-refractivity contribution in [2.75, 3.05) is 5.88 Å². The zero-order valence-electron chi connectivity index (χ0n) is 10.1. The second-order valence-corrected chi connectivity index (χ2v) is 4.70. The van der Waals surface area contributed by atoms with Crippen LogP contribution in [0.5, 0.6) is 0 Å². The van der Waals surface area contributed by atoms with Gasteiger partial charge in [0.15, 0.2) is 0 Å². The first-order valence-electron chi connectivity index (χ1n) is 5.87. The maximum atomic E-state index is 13.3. The van der Waals surface area contributed by atoms with Crippen molar-refractivity contribution in [1.29, 1.82) is 0 Å². The lowest BCUT2D eigenvalue weighted by Crippen LogP contribution is -2.28. The van der Waals surface area contributed by atoms with E-state index in [1.54, 1.807) is 12.1 Å². The van der Waals surface area contributed by atoms with Gasteiger partial charge < -0.3 is 5.11 Å². The number of hydrogen-bond donors (Lipinski definition) is 1. The van der Waals surface area contributed by atoms with E-state index >= 15 is 0 Å². The SMILES string of the molecule is OC(CCCl)(c1cccc(F)c1)c1cccc(F)c1. The molecule has 1 nitrogen and oxygen atoms in total. The van der Waals surface area contributed by atoms with E-state index in [1.807, 2.05) is 0 Å². The second-order valence-electron chi connectivity index (χ2n) is 4.32. The Bertz CT molecular complexity index is 526. The molecule has 0 saturated carbocycles. The Morgan fingerprint density at radius 2 is 1.42 bits per heavy atom. The molecule has 0 heterocycles. The number of halogens is 3. The van der Waals surface area contributed by atoms with Crippen molar-refractivity contribution in [3.8, 4) is 0 Å². The lowest BCUT2D eigenvalue weighted by Gasteiger charge is -2.28. The van der Waals surface area contributed by atoms with Gasteiger partial charge in [-0.25, -0.2) is 8.78 Å². The van der Waals surface area contributed by atoms with E-state index in [9.17, 15) is 13.9 Å². The summed E-state index contributed by atoms with van der Waals surface area (Å²) in [6, 6.07) is 11.2. The Morgan fingerprint density at radius 3 is 1.79 bits per heavy atom. The van der Waals surface area contributed by atoms with Gasteiger partial charge in [0, 0.05) is 5.88 Å². The molecule has 0 radical (unpaired) electrons. The largest absolute Gasteiger partial charge is 0.380 e. The number of benzene rings is 2. The highest BCUT2D eigenvalue weighted by Gasteiger charge is 2.31. The predicted octanol–water partition coefficient (Wildman–Crippen LogP) is 3.83. The minimum absolute atomic E-state index is 0.168. The standard InChI is InChI=1S/C15H13ClF2O/c16-8-7-15(19,11-3-1-5-13(17)9-11)12-4-2-6-14(18)10-12/h1-6,9-10,19H,7-8H2. The molecule has 0 aromatic heterocycles. The molecular formula is C15H13ClF2O. The third-order valence-corrected chi connectivity index (χ3v) is 3.25. The van der Waals surface area contributed by atoms with Crippen molar-refractivity contribution in [2.45, 2.75) is 12.0 Å². The fraction of sp³-hybridized carbons (Fsp3) is 0.200. The fourth-order valence-corrected chi connectivity index (χ4v) is 2.36. The Morgan fingerprint density at radius 1 is 0.947 bits per heavy atom. The fourth-order valence-electron chi connectivity index (χ4n) is 2.08. The molecule has 0 bridgehead atoms. The number of rotatable bonds is 4. The third kappa shape index (κ3) is 2.94. The van der Waals surface area contributed by atoms with E-state index in [0.717, 1.165) is 0 Å². The van der Waals surface area contributed by atoms with Crippen molar-refractivity contribution in [2.24, 2.45) is 0 Å².